The summed E-state index contributed by atoms with van der Waals surface area (Å²) in [5.74, 6) is 0.549. The standard InChI is InChI=1S/C13H18ClN3O2/c1-8-6-17(7-9(2)19-8)13(18)10-4-12(15-3)16-5-11(10)14/h4-5,8-9H,6-7H2,1-3H3,(H,15,16). The zero-order valence-corrected chi connectivity index (χ0v) is 12.1. The number of nitrogens with zero attached hydrogens (tertiary/aromatic N) is 2. The van der Waals surface area contributed by atoms with E-state index in [9.17, 15) is 4.79 Å². The van der Waals surface area contributed by atoms with Crippen LogP contribution >= 0.6 is 11.6 Å². The second kappa shape index (κ2) is 5.75. The highest BCUT2D eigenvalue weighted by Gasteiger charge is 2.27. The van der Waals surface area contributed by atoms with Crippen LogP contribution in [-0.4, -0.2) is 48.1 Å². The summed E-state index contributed by atoms with van der Waals surface area (Å²) in [6, 6.07) is 1.68. The lowest BCUT2D eigenvalue weighted by atomic mass is 10.1. The third-order valence-electron chi connectivity index (χ3n) is 3.05. The van der Waals surface area contributed by atoms with E-state index < -0.39 is 0 Å². The van der Waals surface area contributed by atoms with E-state index in [2.05, 4.69) is 10.3 Å². The second-order valence-electron chi connectivity index (χ2n) is 4.77. The van der Waals surface area contributed by atoms with Crippen molar-refractivity contribution in [1.29, 1.82) is 0 Å². The molecule has 1 fully saturated rings. The van der Waals surface area contributed by atoms with Gasteiger partial charge in [-0.2, -0.15) is 0 Å². The number of morpholine rings is 1. The van der Waals surface area contributed by atoms with Gasteiger partial charge in [0.1, 0.15) is 5.82 Å². The molecule has 104 valence electrons. The molecule has 6 heteroatoms. The molecule has 2 rings (SSSR count). The first kappa shape index (κ1) is 14.1. The van der Waals surface area contributed by atoms with Crippen molar-refractivity contribution in [2.75, 3.05) is 25.5 Å². The van der Waals surface area contributed by atoms with Crippen molar-refractivity contribution < 1.29 is 9.53 Å². The van der Waals surface area contributed by atoms with Gasteiger partial charge in [0, 0.05) is 26.3 Å². The van der Waals surface area contributed by atoms with Crippen LogP contribution in [0, 0.1) is 0 Å². The SMILES string of the molecule is CNc1cc(C(=O)N2CC(C)OC(C)C2)c(Cl)cn1. The highest BCUT2D eigenvalue weighted by molar-refractivity contribution is 6.33. The van der Waals surface area contributed by atoms with Gasteiger partial charge in [-0.15, -0.1) is 0 Å². The lowest BCUT2D eigenvalue weighted by molar-refractivity contribution is -0.0586. The molecule has 1 aromatic heterocycles. The number of carbonyl (C=O) groups excluding carboxylic acids is 1. The molecule has 0 saturated carbocycles. The molecule has 5 nitrogen and oxygen atoms in total. The van der Waals surface area contributed by atoms with Crippen LogP contribution in [0.5, 0.6) is 0 Å². The maximum absolute atomic E-state index is 12.5. The first-order valence-electron chi connectivity index (χ1n) is 6.29. The molecule has 0 radical (unpaired) electrons. The number of nitrogens with one attached hydrogen (secondary N) is 1. The summed E-state index contributed by atoms with van der Waals surface area (Å²) < 4.78 is 5.63. The molecular weight excluding hydrogens is 266 g/mol. The average molecular weight is 284 g/mol. The van der Waals surface area contributed by atoms with Gasteiger partial charge in [-0.25, -0.2) is 4.98 Å². The highest BCUT2D eigenvalue weighted by atomic mass is 35.5. The fourth-order valence-corrected chi connectivity index (χ4v) is 2.44. The van der Waals surface area contributed by atoms with Gasteiger partial charge in [0.15, 0.2) is 0 Å². The van der Waals surface area contributed by atoms with Gasteiger partial charge in [0.2, 0.25) is 0 Å². The van der Waals surface area contributed by atoms with E-state index in [0.717, 1.165) is 0 Å². The summed E-state index contributed by atoms with van der Waals surface area (Å²) in [6.45, 7) is 5.08. The first-order chi connectivity index (χ1) is 9.01. The molecule has 1 aliphatic rings. The summed E-state index contributed by atoms with van der Waals surface area (Å²) in [7, 11) is 1.75. The van der Waals surface area contributed by atoms with E-state index in [0.29, 0.717) is 29.5 Å². The number of pyridine rings is 1. The van der Waals surface area contributed by atoms with Crippen LogP contribution in [0.15, 0.2) is 12.3 Å². The van der Waals surface area contributed by atoms with Crippen molar-refractivity contribution in [2.24, 2.45) is 0 Å². The van der Waals surface area contributed by atoms with E-state index in [1.54, 1.807) is 18.0 Å². The number of aromatic nitrogens is 1. The predicted molar refractivity (Wildman–Crippen MR) is 74.7 cm³/mol. The maximum atomic E-state index is 12.5. The number of rotatable bonds is 2. The van der Waals surface area contributed by atoms with Gasteiger partial charge >= 0.3 is 0 Å². The van der Waals surface area contributed by atoms with Gasteiger partial charge in [-0.05, 0) is 19.9 Å². The normalized spacial score (nSPS) is 23.3. The quantitative estimate of drug-likeness (QED) is 0.902. The molecule has 1 amide bonds. The van der Waals surface area contributed by atoms with E-state index in [4.69, 9.17) is 16.3 Å². The third kappa shape index (κ3) is 3.16. The van der Waals surface area contributed by atoms with E-state index >= 15 is 0 Å². The largest absolute Gasteiger partial charge is 0.373 e. The molecule has 1 aromatic rings. The molecule has 0 aromatic carbocycles. The van der Waals surface area contributed by atoms with Crippen LogP contribution in [0.3, 0.4) is 0 Å². The summed E-state index contributed by atoms with van der Waals surface area (Å²) >= 11 is 6.07. The fraction of sp³-hybridized carbons (Fsp3) is 0.538. The highest BCUT2D eigenvalue weighted by Crippen LogP contribution is 2.21. The lowest BCUT2D eigenvalue weighted by Crippen LogP contribution is -2.48. The maximum Gasteiger partial charge on any atom is 0.255 e. The molecule has 1 saturated heterocycles. The Bertz CT molecular complexity index is 471. The van der Waals surface area contributed by atoms with Gasteiger partial charge in [0.25, 0.3) is 5.91 Å². The molecule has 0 bridgehead atoms. The van der Waals surface area contributed by atoms with E-state index in [1.807, 2.05) is 13.8 Å². The van der Waals surface area contributed by atoms with Crippen LogP contribution in [0.2, 0.25) is 5.02 Å². The van der Waals surface area contributed by atoms with E-state index in [-0.39, 0.29) is 18.1 Å². The molecule has 1 aliphatic heterocycles. The fourth-order valence-electron chi connectivity index (χ4n) is 2.25. The zero-order chi connectivity index (χ0) is 14.0. The molecule has 2 unspecified atom stereocenters. The average Bonchev–Trinajstić information content (AvgIpc) is 2.37. The minimum atomic E-state index is -0.0779. The molecule has 19 heavy (non-hydrogen) atoms. The number of hydrogen-bond acceptors (Lipinski definition) is 4. The lowest BCUT2D eigenvalue weighted by Gasteiger charge is -2.35. The third-order valence-corrected chi connectivity index (χ3v) is 3.35. The number of halogens is 1. The summed E-state index contributed by atoms with van der Waals surface area (Å²) in [5.41, 5.74) is 0.474. The van der Waals surface area contributed by atoms with Crippen molar-refractivity contribution in [3.05, 3.63) is 22.8 Å². The van der Waals surface area contributed by atoms with Crippen molar-refractivity contribution in [3.63, 3.8) is 0 Å². The number of hydrogen-bond donors (Lipinski definition) is 1. The van der Waals surface area contributed by atoms with Crippen molar-refractivity contribution in [2.45, 2.75) is 26.1 Å². The molecular formula is C13H18ClN3O2. The second-order valence-corrected chi connectivity index (χ2v) is 5.17. The van der Waals surface area contributed by atoms with Crippen LogP contribution in [0.25, 0.3) is 0 Å². The molecule has 0 aliphatic carbocycles. The minimum absolute atomic E-state index is 0.0390. The summed E-state index contributed by atoms with van der Waals surface area (Å²) in [6.07, 6.45) is 1.57. The topological polar surface area (TPSA) is 54.5 Å². The Labute approximate surface area is 117 Å². The van der Waals surface area contributed by atoms with Crippen molar-refractivity contribution >= 4 is 23.3 Å². The van der Waals surface area contributed by atoms with Crippen LogP contribution in [0.1, 0.15) is 24.2 Å². The molecule has 2 atom stereocenters. The van der Waals surface area contributed by atoms with Gasteiger partial charge in [-0.3, -0.25) is 4.79 Å². The van der Waals surface area contributed by atoms with Gasteiger partial charge < -0.3 is 15.0 Å². The van der Waals surface area contributed by atoms with Crippen molar-refractivity contribution in [3.8, 4) is 0 Å². The van der Waals surface area contributed by atoms with Crippen LogP contribution in [0.4, 0.5) is 5.82 Å². The predicted octanol–water partition coefficient (Wildman–Crippen LogP) is 2.03. The first-order valence-corrected chi connectivity index (χ1v) is 6.67. The Morgan fingerprint density at radius 1 is 1.47 bits per heavy atom. The zero-order valence-electron chi connectivity index (χ0n) is 11.3. The number of carbonyl (C=O) groups is 1. The van der Waals surface area contributed by atoms with Gasteiger partial charge in [-0.1, -0.05) is 11.6 Å². The van der Waals surface area contributed by atoms with E-state index in [1.165, 1.54) is 6.20 Å². The smallest absolute Gasteiger partial charge is 0.255 e. The monoisotopic (exact) mass is 283 g/mol. The Hall–Kier alpha value is -1.33. The Kier molecular flexibility index (Phi) is 4.27. The molecule has 1 N–H and O–H groups in total. The Morgan fingerprint density at radius 3 is 2.68 bits per heavy atom. The number of anilines is 1. The Morgan fingerprint density at radius 2 is 2.11 bits per heavy atom. The summed E-state index contributed by atoms with van der Waals surface area (Å²) in [4.78, 5) is 18.4. The number of amides is 1. The Balaban J connectivity index is 2.23. The minimum Gasteiger partial charge on any atom is -0.373 e. The van der Waals surface area contributed by atoms with Crippen LogP contribution in [-0.2, 0) is 4.74 Å². The van der Waals surface area contributed by atoms with Crippen molar-refractivity contribution in [1.82, 2.24) is 9.88 Å². The number of ether oxygens (including phenoxy) is 1. The van der Waals surface area contributed by atoms with Gasteiger partial charge in [0.05, 0.1) is 22.8 Å². The summed E-state index contributed by atoms with van der Waals surface area (Å²) in [5, 5.41) is 3.28. The molecule has 0 spiro atoms. The van der Waals surface area contributed by atoms with Crippen LogP contribution < -0.4 is 5.32 Å². The molecule has 2 heterocycles.